The third-order valence-electron chi connectivity index (χ3n) is 12.3. The summed E-state index contributed by atoms with van der Waals surface area (Å²) in [6.45, 7) is 12.2. The Morgan fingerprint density at radius 1 is 0.955 bits per heavy atom. The number of aryl methyl sites for hydroxylation is 2. The molecule has 16 heteroatoms. The lowest BCUT2D eigenvalue weighted by Crippen LogP contribution is -2.46. The van der Waals surface area contributed by atoms with Gasteiger partial charge in [-0.2, -0.15) is 18.8 Å². The van der Waals surface area contributed by atoms with Crippen LogP contribution in [0.2, 0.25) is 0 Å². The van der Waals surface area contributed by atoms with Crippen molar-refractivity contribution >= 4 is 42.7 Å². The zero-order valence-electron chi connectivity index (χ0n) is 39.6. The van der Waals surface area contributed by atoms with E-state index in [0.29, 0.717) is 45.2 Å². The predicted octanol–water partition coefficient (Wildman–Crippen LogP) is 5.70. The van der Waals surface area contributed by atoms with Gasteiger partial charge in [0.25, 0.3) is 0 Å². The first kappa shape index (κ1) is 53.6. The van der Waals surface area contributed by atoms with Crippen LogP contribution in [-0.4, -0.2) is 88.5 Å². The lowest BCUT2D eigenvalue weighted by molar-refractivity contribution is -0.142. The van der Waals surface area contributed by atoms with E-state index in [4.69, 9.17) is 31.9 Å². The second-order valence-corrected chi connectivity index (χ2v) is 18.4. The standard InChI is InChI=1S/C51H64N8O7.H2S/c1-29-21-44(63)47(59(7)50(65)36(18-20-53)25-43(62)46-30(2)56-48(57-31(46)3)34-11-14-37(15-12-34)51(4,5)6)35-13-16-41(60)38(24-35)39-22-32(10-17-45(39)66-28-33(26-54)27-55)23-40(58-49(29)64)42(61)9-8-19-52;/h10-17,22,24,29,33,36,40,47,60H,8-9,18,20-21,23,25-28,53-55H2,1-7H3,(H,58,64);1H2/t29-,36-,40+,47+;/m1./s1. The Bertz CT molecular complexity index is 2460. The number of aromatic hydroxyl groups is 1. The van der Waals surface area contributed by atoms with Gasteiger partial charge in [0, 0.05) is 67.2 Å². The fraction of sp³-hybridized carbons (Fsp3) is 0.451. The number of hydrogen-bond donors (Lipinski definition) is 5. The average Bonchev–Trinajstić information content (AvgIpc) is 3.27. The molecule has 4 bridgehead atoms. The van der Waals surface area contributed by atoms with Crippen LogP contribution >= 0.6 is 13.5 Å². The Balaban J connectivity index is 0.00000980. The SMILES string of the molecule is Cc1nc(-c2ccc(C(C)(C)C)cc2)nc(C)c1C(=O)C[C@@H](CCN)C(=O)N(C)[C@@H]1C(=O)C[C@@H](C)C(=O)N[C@H](C(=O)CCC#N)Cc2ccc(OCC(CN)CN)c(c2)-c2cc1ccc2O.S. The molecule has 5 rings (SSSR count). The van der Waals surface area contributed by atoms with E-state index in [1.807, 2.05) is 30.3 Å². The van der Waals surface area contributed by atoms with Crippen LogP contribution < -0.4 is 27.3 Å². The second kappa shape index (κ2) is 23.6. The summed E-state index contributed by atoms with van der Waals surface area (Å²) < 4.78 is 6.24. The second-order valence-electron chi connectivity index (χ2n) is 18.4. The molecule has 2 heterocycles. The van der Waals surface area contributed by atoms with Crippen molar-refractivity contribution in [3.63, 3.8) is 0 Å². The molecule has 0 radical (unpaired) electrons. The Morgan fingerprint density at radius 3 is 2.21 bits per heavy atom. The monoisotopic (exact) mass is 934 g/mol. The van der Waals surface area contributed by atoms with E-state index in [0.717, 1.165) is 11.1 Å². The van der Waals surface area contributed by atoms with Crippen LogP contribution in [0.1, 0.15) is 104 Å². The maximum atomic E-state index is 14.7. The number of hydrogen-bond acceptors (Lipinski definition) is 13. The van der Waals surface area contributed by atoms with Crippen molar-refractivity contribution in [3.05, 3.63) is 94.3 Å². The van der Waals surface area contributed by atoms with Gasteiger partial charge in [-0.15, -0.1) is 0 Å². The number of aromatic nitrogens is 2. The number of amides is 2. The number of fused-ring (bicyclic) bond motifs is 5. The van der Waals surface area contributed by atoms with Crippen LogP contribution in [0.15, 0.2) is 60.7 Å². The van der Waals surface area contributed by atoms with Crippen LogP contribution in [0.5, 0.6) is 11.5 Å². The van der Waals surface area contributed by atoms with Gasteiger partial charge >= 0.3 is 0 Å². The minimum atomic E-state index is -1.29. The van der Waals surface area contributed by atoms with Crippen LogP contribution in [0.25, 0.3) is 22.5 Å². The molecule has 4 atom stereocenters. The number of phenolic OH excluding ortho intramolecular Hbond substituents is 1. The van der Waals surface area contributed by atoms with E-state index >= 15 is 0 Å². The number of nitrogens with two attached hydrogens (primary N) is 3. The molecule has 1 aliphatic rings. The molecule has 0 fully saturated rings. The topological polar surface area (TPSA) is 258 Å². The Hall–Kier alpha value is -5.99. The molecule has 67 heavy (non-hydrogen) atoms. The van der Waals surface area contributed by atoms with Gasteiger partial charge in [0.15, 0.2) is 23.2 Å². The van der Waals surface area contributed by atoms with Gasteiger partial charge in [0.1, 0.15) is 17.5 Å². The maximum absolute atomic E-state index is 14.7. The molecule has 1 aromatic heterocycles. The Kier molecular flexibility index (Phi) is 18.9. The number of nitriles is 1. The summed E-state index contributed by atoms with van der Waals surface area (Å²) in [6.07, 6.45) is -0.547. The molecule has 0 unspecified atom stereocenters. The fourth-order valence-electron chi connectivity index (χ4n) is 8.32. The summed E-state index contributed by atoms with van der Waals surface area (Å²) in [5, 5.41) is 23.5. The van der Waals surface area contributed by atoms with Crippen LogP contribution in [-0.2, 0) is 31.0 Å². The van der Waals surface area contributed by atoms with Crippen molar-refractivity contribution in [2.45, 2.75) is 97.6 Å². The molecule has 1 aliphatic heterocycles. The first-order valence-electron chi connectivity index (χ1n) is 22.5. The van der Waals surface area contributed by atoms with E-state index in [-0.39, 0.29) is 112 Å². The lowest BCUT2D eigenvalue weighted by atomic mass is 9.86. The molecule has 0 spiro atoms. The summed E-state index contributed by atoms with van der Waals surface area (Å²) in [5.41, 5.74) is 22.7. The molecule has 2 amide bonds. The van der Waals surface area contributed by atoms with Gasteiger partial charge in [-0.3, -0.25) is 24.0 Å². The number of phenols is 1. The molecule has 0 saturated heterocycles. The number of rotatable bonds is 16. The van der Waals surface area contributed by atoms with Crippen molar-refractivity contribution in [3.8, 4) is 40.1 Å². The number of carbonyl (C=O) groups is 5. The van der Waals surface area contributed by atoms with Gasteiger partial charge in [0.2, 0.25) is 11.8 Å². The summed E-state index contributed by atoms with van der Waals surface area (Å²) in [5.74, 6) is -3.71. The predicted molar refractivity (Wildman–Crippen MR) is 263 cm³/mol. The molecular weight excluding hydrogens is 869 g/mol. The minimum absolute atomic E-state index is 0. The number of carbonyl (C=O) groups excluding carboxylic acids is 5. The number of likely N-dealkylation sites (N-methyl/N-ethyl adjacent to an activating group) is 1. The van der Waals surface area contributed by atoms with Crippen molar-refractivity contribution in [2.75, 3.05) is 33.3 Å². The Morgan fingerprint density at radius 2 is 1.61 bits per heavy atom. The third kappa shape index (κ3) is 13.1. The highest BCUT2D eigenvalue weighted by Gasteiger charge is 2.36. The zero-order chi connectivity index (χ0) is 48.5. The third-order valence-corrected chi connectivity index (χ3v) is 12.3. The van der Waals surface area contributed by atoms with Gasteiger partial charge < -0.3 is 37.3 Å². The number of nitrogens with zero attached hydrogens (tertiary/aromatic N) is 4. The van der Waals surface area contributed by atoms with Gasteiger partial charge in [-0.25, -0.2) is 9.97 Å². The lowest BCUT2D eigenvalue weighted by Gasteiger charge is -2.32. The molecule has 3 aromatic carbocycles. The number of benzene rings is 3. The van der Waals surface area contributed by atoms with Crippen LogP contribution in [0.3, 0.4) is 0 Å². The smallest absolute Gasteiger partial charge is 0.226 e. The van der Waals surface area contributed by atoms with E-state index in [2.05, 4.69) is 26.1 Å². The number of ketones is 3. The largest absolute Gasteiger partial charge is 0.507 e. The summed E-state index contributed by atoms with van der Waals surface area (Å²) in [7, 11) is 1.47. The molecule has 4 aromatic rings. The minimum Gasteiger partial charge on any atom is -0.507 e. The van der Waals surface area contributed by atoms with E-state index in [9.17, 15) is 34.3 Å². The molecule has 0 saturated carbocycles. The highest BCUT2D eigenvalue weighted by molar-refractivity contribution is 7.59. The van der Waals surface area contributed by atoms with E-state index in [1.54, 1.807) is 51.1 Å². The van der Waals surface area contributed by atoms with Crippen molar-refractivity contribution in [1.29, 1.82) is 5.26 Å². The normalized spacial score (nSPS) is 16.8. The number of nitrogens with one attached hydrogen (secondary N) is 1. The highest BCUT2D eigenvalue weighted by Crippen LogP contribution is 2.40. The molecule has 358 valence electrons. The zero-order valence-corrected chi connectivity index (χ0v) is 40.6. The summed E-state index contributed by atoms with van der Waals surface area (Å²) in [4.78, 5) is 81.5. The fourth-order valence-corrected chi connectivity index (χ4v) is 8.32. The van der Waals surface area contributed by atoms with Gasteiger partial charge in [-0.1, -0.05) is 64.1 Å². The first-order chi connectivity index (χ1) is 31.3. The Labute approximate surface area is 400 Å². The number of ether oxygens (including phenoxy) is 1. The van der Waals surface area contributed by atoms with Gasteiger partial charge in [-0.05, 0) is 92.7 Å². The molecule has 0 aliphatic carbocycles. The van der Waals surface area contributed by atoms with Crippen LogP contribution in [0, 0.1) is 42.9 Å². The quantitative estimate of drug-likeness (QED) is 0.0846. The first-order valence-corrected chi connectivity index (χ1v) is 22.5. The average molecular weight is 935 g/mol. The molecular formula is C51H66N8O7S. The summed E-state index contributed by atoms with van der Waals surface area (Å²) in [6, 6.07) is 17.4. The molecule has 15 nitrogen and oxygen atoms in total. The van der Waals surface area contributed by atoms with E-state index < -0.39 is 41.5 Å². The number of Topliss-reactive ketones (excluding diaryl/α,β-unsaturated/α-hetero) is 3. The van der Waals surface area contributed by atoms with Crippen LogP contribution in [0.4, 0.5) is 0 Å². The van der Waals surface area contributed by atoms with Gasteiger partial charge in [0.05, 0.1) is 35.7 Å². The maximum Gasteiger partial charge on any atom is 0.226 e. The molecule has 8 N–H and O–H groups in total. The van der Waals surface area contributed by atoms with Crippen molar-refractivity contribution in [1.82, 2.24) is 20.2 Å². The van der Waals surface area contributed by atoms with Crippen molar-refractivity contribution < 1.29 is 33.8 Å². The summed E-state index contributed by atoms with van der Waals surface area (Å²) >= 11 is 0. The van der Waals surface area contributed by atoms with Crippen molar-refractivity contribution in [2.24, 2.45) is 35.0 Å². The highest BCUT2D eigenvalue weighted by atomic mass is 32.1. The van der Waals surface area contributed by atoms with E-state index in [1.165, 1.54) is 18.0 Å².